The van der Waals surface area contributed by atoms with E-state index in [0.717, 1.165) is 0 Å². The molecule has 0 aliphatic carbocycles. The third-order valence-electron chi connectivity index (χ3n) is 4.91. The molecular weight excluding hydrogens is 492 g/mol. The first-order valence-corrected chi connectivity index (χ1v) is 10.6. The lowest BCUT2D eigenvalue weighted by molar-refractivity contribution is 0.0704. The van der Waals surface area contributed by atoms with E-state index in [9.17, 15) is 9.59 Å². The van der Waals surface area contributed by atoms with E-state index in [-0.39, 0.29) is 33.7 Å². The van der Waals surface area contributed by atoms with Crippen LogP contribution in [0.5, 0.6) is 23.0 Å². The Labute approximate surface area is 195 Å². The fourth-order valence-corrected chi connectivity index (χ4v) is 3.69. The predicted molar refractivity (Wildman–Crippen MR) is 124 cm³/mol. The molecule has 7 nitrogen and oxygen atoms in total. The van der Waals surface area contributed by atoms with E-state index in [1.165, 1.54) is 31.6 Å². The van der Waals surface area contributed by atoms with Crippen LogP contribution in [-0.2, 0) is 0 Å². The zero-order chi connectivity index (χ0) is 22.9. The fourth-order valence-electron chi connectivity index (χ4n) is 3.33. The maximum atomic E-state index is 12.8. The molecule has 0 atom stereocenters. The number of hydrogen-bond acceptors (Lipinski definition) is 7. The molecule has 0 bridgehead atoms. The molecule has 33 heavy (non-hydrogen) atoms. The summed E-state index contributed by atoms with van der Waals surface area (Å²) in [5.74, 6) is 0.562. The van der Waals surface area contributed by atoms with E-state index in [2.05, 4.69) is 15.9 Å². The summed E-state index contributed by atoms with van der Waals surface area (Å²) < 4.78 is 28.3. The van der Waals surface area contributed by atoms with Gasteiger partial charge in [0.1, 0.15) is 23.3 Å². The number of fused-ring (bicyclic) bond motifs is 2. The lowest BCUT2D eigenvalue weighted by Crippen LogP contribution is -2.08. The Morgan fingerprint density at radius 1 is 0.939 bits per heavy atom. The first kappa shape index (κ1) is 20.8. The molecule has 2 aromatic heterocycles. The largest absolute Gasteiger partial charge is 0.493 e. The molecule has 0 aliphatic rings. The summed E-state index contributed by atoms with van der Waals surface area (Å²) >= 11 is 3.38. The second kappa shape index (κ2) is 8.48. The molecule has 2 heterocycles. The van der Waals surface area contributed by atoms with E-state index in [0.29, 0.717) is 26.9 Å². The molecule has 3 aromatic carbocycles. The first-order chi connectivity index (χ1) is 16.0. The Balaban J connectivity index is 1.41. The molecule has 0 radical (unpaired) electrons. The third-order valence-corrected chi connectivity index (χ3v) is 5.57. The van der Waals surface area contributed by atoms with Gasteiger partial charge in [-0.05, 0) is 52.3 Å². The summed E-state index contributed by atoms with van der Waals surface area (Å²) in [5, 5.41) is 0.996. The number of benzene rings is 3. The summed E-state index contributed by atoms with van der Waals surface area (Å²) in [6.07, 6.45) is 1.22. The molecule has 8 heteroatoms. The third kappa shape index (κ3) is 3.96. The molecule has 0 N–H and O–H groups in total. The number of esters is 1. The van der Waals surface area contributed by atoms with Gasteiger partial charge in [-0.15, -0.1) is 0 Å². The predicted octanol–water partition coefficient (Wildman–Crippen LogP) is 6.32. The molecule has 164 valence electrons. The van der Waals surface area contributed by atoms with Crippen LogP contribution in [0, 0.1) is 0 Å². The smallest absolute Gasteiger partial charge is 0.379 e. The minimum Gasteiger partial charge on any atom is -0.493 e. The zero-order valence-corrected chi connectivity index (χ0v) is 18.7. The van der Waals surface area contributed by atoms with Crippen molar-refractivity contribution in [2.24, 2.45) is 0 Å². The standard InChI is InChI=1S/C25H15BrO7/c1-29-19-8-4-5-14-11-21(33-24(14)19)25(28)31-15-9-10-16-20(12-15)30-13-22(23(16)27)32-18-7-3-2-6-17(18)26/h2-13H,1H3. The Kier molecular flexibility index (Phi) is 5.35. The fraction of sp³-hybridized carbons (Fsp3) is 0.0400. The summed E-state index contributed by atoms with van der Waals surface area (Å²) in [6, 6.07) is 18.5. The van der Waals surface area contributed by atoms with Crippen molar-refractivity contribution >= 4 is 43.8 Å². The molecule has 5 rings (SSSR count). The lowest BCUT2D eigenvalue weighted by atomic mass is 10.2. The van der Waals surface area contributed by atoms with Crippen LogP contribution >= 0.6 is 15.9 Å². The van der Waals surface area contributed by atoms with Gasteiger partial charge in [-0.3, -0.25) is 4.79 Å². The number of rotatable bonds is 5. The molecule has 0 saturated heterocycles. The van der Waals surface area contributed by atoms with Gasteiger partial charge in [0.05, 0.1) is 17.0 Å². The second-order valence-corrected chi connectivity index (χ2v) is 7.85. The van der Waals surface area contributed by atoms with Gasteiger partial charge in [-0.25, -0.2) is 4.79 Å². The van der Waals surface area contributed by atoms with Crippen LogP contribution in [0.3, 0.4) is 0 Å². The first-order valence-electron chi connectivity index (χ1n) is 9.80. The summed E-state index contributed by atoms with van der Waals surface area (Å²) in [6.45, 7) is 0. The number of methoxy groups -OCH3 is 1. The number of carbonyl (C=O) groups excluding carboxylic acids is 1. The van der Waals surface area contributed by atoms with E-state index < -0.39 is 5.97 Å². The molecular formula is C25H15BrO7. The lowest BCUT2D eigenvalue weighted by Gasteiger charge is -2.08. The van der Waals surface area contributed by atoms with E-state index in [1.54, 1.807) is 42.5 Å². The van der Waals surface area contributed by atoms with Crippen LogP contribution in [0.2, 0.25) is 0 Å². The van der Waals surface area contributed by atoms with Gasteiger partial charge in [0.25, 0.3) is 0 Å². The highest BCUT2D eigenvalue weighted by atomic mass is 79.9. The SMILES string of the molecule is COc1cccc2cc(C(=O)Oc3ccc4c(=O)c(Oc5ccccc5Br)coc4c3)oc12. The maximum Gasteiger partial charge on any atom is 0.379 e. The van der Waals surface area contributed by atoms with Crippen LogP contribution in [0.15, 0.2) is 91.1 Å². The van der Waals surface area contributed by atoms with Crippen LogP contribution in [0.4, 0.5) is 0 Å². The average Bonchev–Trinajstić information content (AvgIpc) is 3.27. The van der Waals surface area contributed by atoms with Gasteiger partial charge in [0, 0.05) is 11.5 Å². The Morgan fingerprint density at radius 3 is 2.58 bits per heavy atom. The monoisotopic (exact) mass is 506 g/mol. The van der Waals surface area contributed by atoms with Gasteiger partial charge < -0.3 is 23.0 Å². The Hall–Kier alpha value is -4.04. The van der Waals surface area contributed by atoms with Crippen molar-refractivity contribution in [2.45, 2.75) is 0 Å². The van der Waals surface area contributed by atoms with E-state index in [1.807, 2.05) is 6.07 Å². The summed E-state index contributed by atoms with van der Waals surface area (Å²) in [5.41, 5.74) is 0.347. The molecule has 0 unspecified atom stereocenters. The number of ether oxygens (including phenoxy) is 3. The minimum atomic E-state index is -0.691. The summed E-state index contributed by atoms with van der Waals surface area (Å²) in [7, 11) is 1.52. The topological polar surface area (TPSA) is 88.1 Å². The van der Waals surface area contributed by atoms with Crippen molar-refractivity contribution in [1.29, 1.82) is 0 Å². The highest BCUT2D eigenvalue weighted by Gasteiger charge is 2.18. The normalized spacial score (nSPS) is 11.0. The van der Waals surface area contributed by atoms with Crippen LogP contribution in [0.25, 0.3) is 21.9 Å². The highest BCUT2D eigenvalue weighted by Crippen LogP contribution is 2.31. The van der Waals surface area contributed by atoms with Crippen molar-refractivity contribution in [3.8, 4) is 23.0 Å². The molecule has 0 aliphatic heterocycles. The van der Waals surface area contributed by atoms with Gasteiger partial charge in [-0.1, -0.05) is 24.3 Å². The minimum absolute atomic E-state index is 0.0215. The van der Waals surface area contributed by atoms with Crippen LogP contribution in [0.1, 0.15) is 10.6 Å². The second-order valence-electron chi connectivity index (χ2n) is 7.00. The van der Waals surface area contributed by atoms with Gasteiger partial charge in [0.2, 0.25) is 16.9 Å². The Morgan fingerprint density at radius 2 is 1.76 bits per heavy atom. The molecule has 0 fully saturated rings. The number of furan rings is 1. The van der Waals surface area contributed by atoms with Crippen molar-refractivity contribution in [3.63, 3.8) is 0 Å². The van der Waals surface area contributed by atoms with Gasteiger partial charge >= 0.3 is 5.97 Å². The zero-order valence-electron chi connectivity index (χ0n) is 17.2. The van der Waals surface area contributed by atoms with Crippen molar-refractivity contribution in [2.75, 3.05) is 7.11 Å². The van der Waals surface area contributed by atoms with E-state index in [4.69, 9.17) is 23.0 Å². The molecule has 5 aromatic rings. The average molecular weight is 507 g/mol. The number of para-hydroxylation sites is 2. The van der Waals surface area contributed by atoms with Gasteiger partial charge in [-0.2, -0.15) is 0 Å². The quantitative estimate of drug-likeness (QED) is 0.203. The Bertz CT molecular complexity index is 1560. The molecule has 0 amide bonds. The van der Waals surface area contributed by atoms with Crippen molar-refractivity contribution in [3.05, 3.63) is 93.4 Å². The highest BCUT2D eigenvalue weighted by molar-refractivity contribution is 9.10. The number of halogens is 1. The molecule has 0 spiro atoms. The van der Waals surface area contributed by atoms with Crippen molar-refractivity contribution < 1.29 is 27.8 Å². The number of carbonyl (C=O) groups is 1. The van der Waals surface area contributed by atoms with Crippen LogP contribution < -0.4 is 19.6 Å². The van der Waals surface area contributed by atoms with Crippen molar-refractivity contribution in [1.82, 2.24) is 0 Å². The maximum absolute atomic E-state index is 12.8. The number of hydrogen-bond donors (Lipinski definition) is 0. The van der Waals surface area contributed by atoms with Crippen LogP contribution in [-0.4, -0.2) is 13.1 Å². The molecule has 0 saturated carbocycles. The summed E-state index contributed by atoms with van der Waals surface area (Å²) in [4.78, 5) is 25.4. The van der Waals surface area contributed by atoms with Gasteiger partial charge in [0.15, 0.2) is 11.3 Å². The van der Waals surface area contributed by atoms with E-state index >= 15 is 0 Å².